The quantitative estimate of drug-likeness (QED) is 0.896. The summed E-state index contributed by atoms with van der Waals surface area (Å²) in [5.74, 6) is 0.623. The van der Waals surface area contributed by atoms with Crippen molar-refractivity contribution in [2.24, 2.45) is 12.8 Å². The molecule has 0 amide bonds. The first-order chi connectivity index (χ1) is 8.08. The van der Waals surface area contributed by atoms with Crippen LogP contribution in [0.25, 0.3) is 0 Å². The molecule has 0 aliphatic rings. The maximum absolute atomic E-state index is 6.22. The summed E-state index contributed by atoms with van der Waals surface area (Å²) < 4.78 is 0. The fourth-order valence-electron chi connectivity index (χ4n) is 1.67. The van der Waals surface area contributed by atoms with Gasteiger partial charge in [0.15, 0.2) is 5.82 Å². The summed E-state index contributed by atoms with van der Waals surface area (Å²) in [7, 11) is 1.72. The van der Waals surface area contributed by atoms with E-state index in [9.17, 15) is 0 Å². The minimum atomic E-state index is -0.216. The molecule has 0 radical (unpaired) electrons. The summed E-state index contributed by atoms with van der Waals surface area (Å²) in [6, 6.07) is 5.61. The number of hydrogen-bond donors (Lipinski definition) is 1. The van der Waals surface area contributed by atoms with Gasteiger partial charge in [0.25, 0.3) is 0 Å². The van der Waals surface area contributed by atoms with Gasteiger partial charge in [-0.15, -0.1) is 10.2 Å². The topological polar surface area (TPSA) is 69.6 Å². The van der Waals surface area contributed by atoms with Crippen LogP contribution in [0.3, 0.4) is 0 Å². The van der Waals surface area contributed by atoms with Gasteiger partial charge in [0.1, 0.15) is 0 Å². The molecule has 5 nitrogen and oxygen atoms in total. The van der Waals surface area contributed by atoms with Gasteiger partial charge in [0, 0.05) is 17.5 Å². The van der Waals surface area contributed by atoms with Crippen LogP contribution in [0.2, 0.25) is 5.02 Å². The first-order valence-electron chi connectivity index (χ1n) is 5.31. The second-order valence-electron chi connectivity index (χ2n) is 3.98. The molecule has 0 saturated heterocycles. The average molecular weight is 252 g/mol. The van der Waals surface area contributed by atoms with E-state index < -0.39 is 0 Å². The van der Waals surface area contributed by atoms with Crippen molar-refractivity contribution in [3.63, 3.8) is 0 Å². The third kappa shape index (κ3) is 2.62. The molecule has 2 aromatic rings. The molecule has 6 heteroatoms. The largest absolute Gasteiger partial charge is 0.324 e. The van der Waals surface area contributed by atoms with Crippen molar-refractivity contribution >= 4 is 11.6 Å². The van der Waals surface area contributed by atoms with Crippen molar-refractivity contribution in [1.82, 2.24) is 20.2 Å². The number of rotatable bonds is 3. The van der Waals surface area contributed by atoms with Crippen molar-refractivity contribution in [3.8, 4) is 0 Å². The summed E-state index contributed by atoms with van der Waals surface area (Å²) >= 11 is 6.22. The monoisotopic (exact) mass is 251 g/mol. The summed E-state index contributed by atoms with van der Waals surface area (Å²) in [4.78, 5) is 1.42. The van der Waals surface area contributed by atoms with Gasteiger partial charge in [-0.3, -0.25) is 0 Å². The Morgan fingerprint density at radius 1 is 1.47 bits per heavy atom. The van der Waals surface area contributed by atoms with Gasteiger partial charge in [-0.05, 0) is 23.3 Å². The molecule has 1 atom stereocenters. The van der Waals surface area contributed by atoms with E-state index in [1.807, 2.05) is 25.1 Å². The number of nitrogens with two attached hydrogens (primary N) is 1. The van der Waals surface area contributed by atoms with Gasteiger partial charge in [0.2, 0.25) is 0 Å². The smallest absolute Gasteiger partial charge is 0.176 e. The lowest BCUT2D eigenvalue weighted by atomic mass is 10.0. The van der Waals surface area contributed by atoms with Gasteiger partial charge in [-0.2, -0.15) is 4.80 Å². The number of halogens is 1. The Balaban J connectivity index is 2.20. The minimum Gasteiger partial charge on any atom is -0.324 e. The number of nitrogens with zero attached hydrogens (tertiary/aromatic N) is 4. The molecule has 0 saturated carbocycles. The van der Waals surface area contributed by atoms with Gasteiger partial charge < -0.3 is 5.73 Å². The van der Waals surface area contributed by atoms with Gasteiger partial charge in [0.05, 0.1) is 7.05 Å². The van der Waals surface area contributed by atoms with Crippen LogP contribution >= 0.6 is 11.6 Å². The molecule has 1 aromatic heterocycles. The zero-order valence-electron chi connectivity index (χ0n) is 9.76. The Morgan fingerprint density at radius 2 is 2.24 bits per heavy atom. The number of tetrazole rings is 1. The zero-order valence-corrected chi connectivity index (χ0v) is 10.5. The number of hydrogen-bond acceptors (Lipinski definition) is 4. The highest BCUT2D eigenvalue weighted by Gasteiger charge is 2.14. The van der Waals surface area contributed by atoms with Crippen LogP contribution in [0, 0.1) is 6.92 Å². The van der Waals surface area contributed by atoms with Crippen molar-refractivity contribution < 1.29 is 0 Å². The Morgan fingerprint density at radius 3 is 2.88 bits per heavy atom. The highest BCUT2D eigenvalue weighted by molar-refractivity contribution is 6.32. The lowest BCUT2D eigenvalue weighted by Crippen LogP contribution is -2.15. The summed E-state index contributed by atoms with van der Waals surface area (Å²) in [6.45, 7) is 1.96. The van der Waals surface area contributed by atoms with Crippen molar-refractivity contribution in [1.29, 1.82) is 0 Å². The second-order valence-corrected chi connectivity index (χ2v) is 4.36. The lowest BCUT2D eigenvalue weighted by Gasteiger charge is -2.13. The number of aryl methyl sites for hydroxylation is 2. The van der Waals surface area contributed by atoms with Crippen molar-refractivity contribution in [2.45, 2.75) is 19.4 Å². The molecular formula is C11H14ClN5. The molecule has 1 aromatic carbocycles. The van der Waals surface area contributed by atoms with Crippen LogP contribution in [0.4, 0.5) is 0 Å². The fraction of sp³-hybridized carbons (Fsp3) is 0.364. The predicted octanol–water partition coefficient (Wildman–Crippen LogP) is 1.41. The van der Waals surface area contributed by atoms with E-state index in [4.69, 9.17) is 17.3 Å². The Hall–Kier alpha value is -1.46. The van der Waals surface area contributed by atoms with Crippen LogP contribution in [0.15, 0.2) is 18.2 Å². The molecule has 0 aliphatic carbocycles. The fourth-order valence-corrected chi connectivity index (χ4v) is 1.93. The first kappa shape index (κ1) is 12.0. The molecule has 90 valence electrons. The summed E-state index contributed by atoms with van der Waals surface area (Å²) in [6.07, 6.45) is 0.525. The molecule has 1 heterocycles. The van der Waals surface area contributed by atoms with Crippen molar-refractivity contribution in [3.05, 3.63) is 40.2 Å². The van der Waals surface area contributed by atoms with E-state index >= 15 is 0 Å². The SMILES string of the molecule is Cc1cccc(C(N)Cc2nnn(C)n2)c1Cl. The predicted molar refractivity (Wildman–Crippen MR) is 65.6 cm³/mol. The van der Waals surface area contributed by atoms with E-state index in [0.717, 1.165) is 11.1 Å². The van der Waals surface area contributed by atoms with E-state index in [0.29, 0.717) is 17.3 Å². The van der Waals surface area contributed by atoms with Gasteiger partial charge in [-0.1, -0.05) is 29.8 Å². The third-order valence-corrected chi connectivity index (χ3v) is 3.09. The maximum Gasteiger partial charge on any atom is 0.176 e. The standard InChI is InChI=1S/C11H14ClN5/c1-7-4-3-5-8(11(7)12)9(13)6-10-14-16-17(2)15-10/h3-5,9H,6,13H2,1-2H3. The van der Waals surface area contributed by atoms with Crippen LogP contribution < -0.4 is 5.73 Å². The Labute approximate surface area is 105 Å². The molecule has 2 rings (SSSR count). The molecular weight excluding hydrogens is 238 g/mol. The third-order valence-electron chi connectivity index (χ3n) is 2.57. The molecule has 17 heavy (non-hydrogen) atoms. The van der Waals surface area contributed by atoms with E-state index in [1.54, 1.807) is 7.05 Å². The second kappa shape index (κ2) is 4.81. The Bertz CT molecular complexity index is 522. The molecule has 0 aliphatic heterocycles. The molecule has 0 spiro atoms. The zero-order chi connectivity index (χ0) is 12.4. The molecule has 0 bridgehead atoms. The maximum atomic E-state index is 6.22. The lowest BCUT2D eigenvalue weighted by molar-refractivity contribution is 0.622. The molecule has 0 fully saturated rings. The minimum absolute atomic E-state index is 0.216. The van der Waals surface area contributed by atoms with Crippen LogP contribution in [-0.2, 0) is 13.5 Å². The number of aromatic nitrogens is 4. The van der Waals surface area contributed by atoms with E-state index in [1.165, 1.54) is 4.80 Å². The van der Waals surface area contributed by atoms with E-state index in [2.05, 4.69) is 15.4 Å². The first-order valence-corrected chi connectivity index (χ1v) is 5.69. The van der Waals surface area contributed by atoms with Gasteiger partial charge >= 0.3 is 0 Å². The van der Waals surface area contributed by atoms with Crippen molar-refractivity contribution in [2.75, 3.05) is 0 Å². The highest BCUT2D eigenvalue weighted by atomic mass is 35.5. The molecule has 2 N–H and O–H groups in total. The normalized spacial score (nSPS) is 12.7. The summed E-state index contributed by atoms with van der Waals surface area (Å²) in [5, 5.41) is 12.5. The number of benzene rings is 1. The average Bonchev–Trinajstić information content (AvgIpc) is 2.68. The summed E-state index contributed by atoms with van der Waals surface area (Å²) in [5.41, 5.74) is 8.04. The van der Waals surface area contributed by atoms with Crippen LogP contribution in [-0.4, -0.2) is 20.2 Å². The van der Waals surface area contributed by atoms with Crippen LogP contribution in [0.1, 0.15) is 23.0 Å². The Kier molecular flexibility index (Phi) is 3.40. The van der Waals surface area contributed by atoms with Crippen LogP contribution in [0.5, 0.6) is 0 Å². The highest BCUT2D eigenvalue weighted by Crippen LogP contribution is 2.26. The van der Waals surface area contributed by atoms with Gasteiger partial charge in [-0.25, -0.2) is 0 Å². The molecule has 1 unspecified atom stereocenters. The van der Waals surface area contributed by atoms with E-state index in [-0.39, 0.29) is 6.04 Å².